The van der Waals surface area contributed by atoms with Gasteiger partial charge in [0.1, 0.15) is 0 Å². The van der Waals surface area contributed by atoms with E-state index in [9.17, 15) is 0 Å². The molecule has 1 aliphatic heterocycles. The Hall–Kier alpha value is -1.68. The molecule has 2 aliphatic rings. The molecular formula is C15H18N2O2. The Kier molecular flexibility index (Phi) is 2.45. The molecule has 4 heteroatoms. The van der Waals surface area contributed by atoms with Gasteiger partial charge in [-0.2, -0.15) is 0 Å². The number of aromatic nitrogens is 1. The first kappa shape index (κ1) is 11.2. The minimum Gasteiger partial charge on any atom is -0.454 e. The van der Waals surface area contributed by atoms with Crippen LogP contribution in [0.15, 0.2) is 12.1 Å². The van der Waals surface area contributed by atoms with Gasteiger partial charge in [0, 0.05) is 30.2 Å². The predicted molar refractivity (Wildman–Crippen MR) is 73.8 cm³/mol. The van der Waals surface area contributed by atoms with Crippen LogP contribution in [0.1, 0.15) is 24.1 Å². The van der Waals surface area contributed by atoms with Gasteiger partial charge in [-0.15, -0.1) is 0 Å². The van der Waals surface area contributed by atoms with Crippen LogP contribution in [-0.4, -0.2) is 17.9 Å². The van der Waals surface area contributed by atoms with Gasteiger partial charge in [-0.25, -0.2) is 0 Å². The largest absolute Gasteiger partial charge is 0.454 e. The molecule has 0 radical (unpaired) electrons. The molecule has 0 spiro atoms. The topological polar surface area (TPSA) is 49.4 Å². The Balaban J connectivity index is 2.01. The lowest BCUT2D eigenvalue weighted by atomic mass is 9.95. The van der Waals surface area contributed by atoms with Crippen molar-refractivity contribution in [1.29, 1.82) is 0 Å². The van der Waals surface area contributed by atoms with E-state index in [0.717, 1.165) is 24.5 Å². The third-order valence-corrected chi connectivity index (χ3v) is 4.22. The number of rotatable bonds is 2. The first-order chi connectivity index (χ1) is 9.38. The maximum absolute atomic E-state index is 5.78. The highest BCUT2D eigenvalue weighted by molar-refractivity contribution is 5.89. The van der Waals surface area contributed by atoms with Crippen LogP contribution in [0.2, 0.25) is 0 Å². The molecule has 2 N–H and O–H groups in total. The van der Waals surface area contributed by atoms with E-state index < -0.39 is 0 Å². The molecule has 4 nitrogen and oxygen atoms in total. The number of benzene rings is 1. The van der Waals surface area contributed by atoms with Gasteiger partial charge in [0.15, 0.2) is 11.5 Å². The third kappa shape index (κ3) is 1.56. The van der Waals surface area contributed by atoms with Crippen molar-refractivity contribution in [2.75, 3.05) is 13.3 Å². The summed E-state index contributed by atoms with van der Waals surface area (Å²) in [6.45, 7) is 1.89. The van der Waals surface area contributed by atoms with E-state index in [1.54, 1.807) is 0 Å². The van der Waals surface area contributed by atoms with E-state index in [0.29, 0.717) is 13.3 Å². The van der Waals surface area contributed by atoms with Gasteiger partial charge in [0.05, 0.1) is 5.52 Å². The Morgan fingerprint density at radius 1 is 1.11 bits per heavy atom. The molecule has 0 amide bonds. The molecule has 19 heavy (non-hydrogen) atoms. The predicted octanol–water partition coefficient (Wildman–Crippen LogP) is 2.21. The minimum atomic E-state index is 0.334. The molecule has 0 saturated heterocycles. The molecule has 2 heterocycles. The minimum absolute atomic E-state index is 0.334. The fraction of sp³-hybridized carbons (Fsp3) is 0.467. The highest BCUT2D eigenvalue weighted by atomic mass is 16.7. The zero-order chi connectivity index (χ0) is 12.8. The number of hydrogen-bond donors (Lipinski definition) is 1. The molecule has 0 saturated carbocycles. The SMILES string of the molecule is NCCn1c2c(c3cc4c(cc31)OCO4)CCCC2. The summed E-state index contributed by atoms with van der Waals surface area (Å²) in [7, 11) is 0. The van der Waals surface area contributed by atoms with Gasteiger partial charge in [0.2, 0.25) is 6.79 Å². The first-order valence-corrected chi connectivity index (χ1v) is 7.02. The zero-order valence-corrected chi connectivity index (χ0v) is 10.9. The Morgan fingerprint density at radius 2 is 1.89 bits per heavy atom. The van der Waals surface area contributed by atoms with Crippen LogP contribution >= 0.6 is 0 Å². The van der Waals surface area contributed by atoms with Gasteiger partial charge in [-0.3, -0.25) is 0 Å². The van der Waals surface area contributed by atoms with Crippen molar-refractivity contribution in [1.82, 2.24) is 4.57 Å². The molecule has 0 bridgehead atoms. The third-order valence-electron chi connectivity index (χ3n) is 4.22. The summed E-state index contributed by atoms with van der Waals surface area (Å²) in [6, 6.07) is 4.26. The summed E-state index contributed by atoms with van der Waals surface area (Å²) in [5.41, 5.74) is 9.99. The van der Waals surface area contributed by atoms with Crippen LogP contribution in [0, 0.1) is 0 Å². The summed E-state index contributed by atoms with van der Waals surface area (Å²) in [4.78, 5) is 0. The molecule has 2 aromatic rings. The summed E-state index contributed by atoms with van der Waals surface area (Å²) in [6.07, 6.45) is 4.89. The molecule has 0 unspecified atom stereocenters. The number of nitrogens with zero attached hydrogens (tertiary/aromatic N) is 1. The molecule has 0 atom stereocenters. The van der Waals surface area contributed by atoms with Crippen molar-refractivity contribution in [2.45, 2.75) is 32.2 Å². The average Bonchev–Trinajstić information content (AvgIpc) is 3.01. The van der Waals surface area contributed by atoms with E-state index in [2.05, 4.69) is 16.7 Å². The van der Waals surface area contributed by atoms with Crippen LogP contribution in [0.3, 0.4) is 0 Å². The van der Waals surface area contributed by atoms with Gasteiger partial charge in [0.25, 0.3) is 0 Å². The van der Waals surface area contributed by atoms with E-state index in [4.69, 9.17) is 15.2 Å². The molecule has 1 aromatic heterocycles. The normalized spacial score (nSPS) is 16.9. The number of hydrogen-bond acceptors (Lipinski definition) is 3. The molecule has 1 aliphatic carbocycles. The number of ether oxygens (including phenoxy) is 2. The molecular weight excluding hydrogens is 240 g/mol. The first-order valence-electron chi connectivity index (χ1n) is 7.02. The van der Waals surface area contributed by atoms with Crippen LogP contribution in [0.5, 0.6) is 11.5 Å². The van der Waals surface area contributed by atoms with E-state index in [1.165, 1.54) is 41.4 Å². The van der Waals surface area contributed by atoms with Gasteiger partial charge < -0.3 is 19.8 Å². The lowest BCUT2D eigenvalue weighted by Gasteiger charge is -2.15. The van der Waals surface area contributed by atoms with Crippen LogP contribution in [0.25, 0.3) is 10.9 Å². The lowest BCUT2D eigenvalue weighted by Crippen LogP contribution is -2.14. The number of fused-ring (bicyclic) bond motifs is 4. The standard InChI is InChI=1S/C15H18N2O2/c16-5-6-17-12-4-2-1-3-10(12)11-7-14-15(8-13(11)17)19-9-18-14/h7-8H,1-6,9,16H2. The van der Waals surface area contributed by atoms with Crippen LogP contribution in [-0.2, 0) is 19.4 Å². The average molecular weight is 258 g/mol. The van der Waals surface area contributed by atoms with E-state index in [-0.39, 0.29) is 0 Å². The molecule has 100 valence electrons. The quantitative estimate of drug-likeness (QED) is 0.898. The van der Waals surface area contributed by atoms with Gasteiger partial charge in [-0.05, 0) is 37.3 Å². The monoisotopic (exact) mass is 258 g/mol. The fourth-order valence-corrected chi connectivity index (χ4v) is 3.40. The Bertz CT molecular complexity index is 645. The van der Waals surface area contributed by atoms with Crippen LogP contribution < -0.4 is 15.2 Å². The van der Waals surface area contributed by atoms with Crippen molar-refractivity contribution < 1.29 is 9.47 Å². The van der Waals surface area contributed by atoms with E-state index >= 15 is 0 Å². The molecule has 4 rings (SSSR count). The Labute approximate surface area is 112 Å². The molecule has 1 aromatic carbocycles. The van der Waals surface area contributed by atoms with Gasteiger partial charge in [-0.1, -0.05) is 0 Å². The highest BCUT2D eigenvalue weighted by Gasteiger charge is 2.23. The smallest absolute Gasteiger partial charge is 0.231 e. The van der Waals surface area contributed by atoms with Gasteiger partial charge >= 0.3 is 0 Å². The summed E-state index contributed by atoms with van der Waals surface area (Å²) in [5, 5.41) is 1.33. The maximum atomic E-state index is 5.78. The second kappa shape index (κ2) is 4.17. The van der Waals surface area contributed by atoms with Crippen molar-refractivity contribution in [3.63, 3.8) is 0 Å². The summed E-state index contributed by atoms with van der Waals surface area (Å²) in [5.74, 6) is 1.74. The lowest BCUT2D eigenvalue weighted by molar-refractivity contribution is 0.174. The Morgan fingerprint density at radius 3 is 2.74 bits per heavy atom. The van der Waals surface area contributed by atoms with E-state index in [1.807, 2.05) is 0 Å². The van der Waals surface area contributed by atoms with Crippen molar-refractivity contribution >= 4 is 10.9 Å². The van der Waals surface area contributed by atoms with Crippen LogP contribution in [0.4, 0.5) is 0 Å². The second-order valence-corrected chi connectivity index (χ2v) is 5.30. The highest BCUT2D eigenvalue weighted by Crippen LogP contribution is 2.40. The zero-order valence-electron chi connectivity index (χ0n) is 10.9. The summed E-state index contributed by atoms with van der Waals surface area (Å²) < 4.78 is 13.4. The molecule has 0 fully saturated rings. The fourth-order valence-electron chi connectivity index (χ4n) is 3.40. The van der Waals surface area contributed by atoms with Crippen molar-refractivity contribution in [3.05, 3.63) is 23.4 Å². The maximum Gasteiger partial charge on any atom is 0.231 e. The van der Waals surface area contributed by atoms with Crippen molar-refractivity contribution in [3.8, 4) is 11.5 Å². The number of aryl methyl sites for hydroxylation is 1. The summed E-state index contributed by atoms with van der Waals surface area (Å²) >= 11 is 0. The number of nitrogens with two attached hydrogens (primary N) is 1. The second-order valence-electron chi connectivity index (χ2n) is 5.30. The van der Waals surface area contributed by atoms with Crippen molar-refractivity contribution in [2.24, 2.45) is 5.73 Å².